The standard InChI is InChI=1S/C21H26N2O3/c1-25-19-10-15(11-20(12-19)26-2)13-23-21(24)17-7-5-16(6-8-17)18-4-3-9-22-14-18/h5-8,10-12,18,22H,3-4,9,13-14H2,1-2H3,(H,23,24)/t18-/m1/s1. The number of hydrogen-bond donors (Lipinski definition) is 2. The molecule has 1 aliphatic heterocycles. The Morgan fingerprint density at radius 1 is 1.12 bits per heavy atom. The third kappa shape index (κ3) is 4.55. The number of ether oxygens (including phenoxy) is 2. The lowest BCUT2D eigenvalue weighted by Crippen LogP contribution is -2.28. The average molecular weight is 354 g/mol. The highest BCUT2D eigenvalue weighted by molar-refractivity contribution is 5.94. The highest BCUT2D eigenvalue weighted by atomic mass is 16.5. The van der Waals surface area contributed by atoms with E-state index >= 15 is 0 Å². The molecule has 2 aromatic carbocycles. The van der Waals surface area contributed by atoms with Crippen molar-refractivity contribution in [3.05, 3.63) is 59.2 Å². The van der Waals surface area contributed by atoms with Crippen molar-refractivity contribution in [3.8, 4) is 11.5 Å². The van der Waals surface area contributed by atoms with Crippen LogP contribution in [0.3, 0.4) is 0 Å². The predicted octanol–water partition coefficient (Wildman–Crippen LogP) is 3.10. The molecule has 5 nitrogen and oxygen atoms in total. The van der Waals surface area contributed by atoms with Gasteiger partial charge >= 0.3 is 0 Å². The lowest BCUT2D eigenvalue weighted by molar-refractivity contribution is 0.0951. The van der Waals surface area contributed by atoms with Crippen molar-refractivity contribution in [2.75, 3.05) is 27.3 Å². The molecule has 26 heavy (non-hydrogen) atoms. The van der Waals surface area contributed by atoms with Gasteiger partial charge in [0.2, 0.25) is 0 Å². The Balaban J connectivity index is 1.61. The van der Waals surface area contributed by atoms with E-state index in [1.807, 2.05) is 30.3 Å². The molecule has 0 radical (unpaired) electrons. The fourth-order valence-corrected chi connectivity index (χ4v) is 3.30. The van der Waals surface area contributed by atoms with Crippen LogP contribution in [-0.4, -0.2) is 33.2 Å². The molecule has 1 fully saturated rings. The quantitative estimate of drug-likeness (QED) is 0.837. The summed E-state index contributed by atoms with van der Waals surface area (Å²) in [5, 5.41) is 6.38. The van der Waals surface area contributed by atoms with Gasteiger partial charge in [-0.2, -0.15) is 0 Å². The predicted molar refractivity (Wildman–Crippen MR) is 102 cm³/mol. The number of piperidine rings is 1. The molecule has 5 heteroatoms. The van der Waals surface area contributed by atoms with Crippen LogP contribution in [0.1, 0.15) is 40.2 Å². The first-order valence-electron chi connectivity index (χ1n) is 9.00. The van der Waals surface area contributed by atoms with Crippen LogP contribution in [0.5, 0.6) is 11.5 Å². The Labute approximate surface area is 154 Å². The van der Waals surface area contributed by atoms with Gasteiger partial charge in [-0.15, -0.1) is 0 Å². The van der Waals surface area contributed by atoms with Crippen LogP contribution in [0.15, 0.2) is 42.5 Å². The second-order valence-corrected chi connectivity index (χ2v) is 6.57. The van der Waals surface area contributed by atoms with Crippen molar-refractivity contribution in [2.45, 2.75) is 25.3 Å². The Morgan fingerprint density at radius 3 is 2.38 bits per heavy atom. The van der Waals surface area contributed by atoms with Crippen LogP contribution in [0.4, 0.5) is 0 Å². The van der Waals surface area contributed by atoms with Crippen LogP contribution in [0.25, 0.3) is 0 Å². The first-order chi connectivity index (χ1) is 12.7. The van der Waals surface area contributed by atoms with Crippen molar-refractivity contribution in [3.63, 3.8) is 0 Å². The minimum absolute atomic E-state index is 0.0832. The van der Waals surface area contributed by atoms with Gasteiger partial charge in [-0.3, -0.25) is 4.79 Å². The molecule has 2 aromatic rings. The van der Waals surface area contributed by atoms with Crippen LogP contribution >= 0.6 is 0 Å². The zero-order chi connectivity index (χ0) is 18.4. The summed E-state index contributed by atoms with van der Waals surface area (Å²) in [7, 11) is 3.22. The van der Waals surface area contributed by atoms with Crippen molar-refractivity contribution in [2.24, 2.45) is 0 Å². The monoisotopic (exact) mass is 354 g/mol. The van der Waals surface area contributed by atoms with Gasteiger partial charge in [0.05, 0.1) is 14.2 Å². The SMILES string of the molecule is COc1cc(CNC(=O)c2ccc([C@@H]3CCCNC3)cc2)cc(OC)c1. The first-order valence-corrected chi connectivity index (χ1v) is 9.00. The van der Waals surface area contributed by atoms with Crippen LogP contribution < -0.4 is 20.1 Å². The van der Waals surface area contributed by atoms with Gasteiger partial charge in [-0.05, 0) is 60.7 Å². The summed E-state index contributed by atoms with van der Waals surface area (Å²) < 4.78 is 10.5. The smallest absolute Gasteiger partial charge is 0.251 e. The van der Waals surface area contributed by atoms with E-state index in [9.17, 15) is 4.79 Å². The van der Waals surface area contributed by atoms with Crippen molar-refractivity contribution < 1.29 is 14.3 Å². The Kier molecular flexibility index (Phi) is 6.12. The second-order valence-electron chi connectivity index (χ2n) is 6.57. The maximum Gasteiger partial charge on any atom is 0.251 e. The van der Waals surface area contributed by atoms with E-state index < -0.39 is 0 Å². The van der Waals surface area contributed by atoms with Gasteiger partial charge in [-0.1, -0.05) is 12.1 Å². The summed E-state index contributed by atoms with van der Waals surface area (Å²) >= 11 is 0. The molecule has 3 rings (SSSR count). The van der Waals surface area contributed by atoms with E-state index in [1.165, 1.54) is 18.4 Å². The second kappa shape index (κ2) is 8.72. The molecule has 0 spiro atoms. The van der Waals surface area contributed by atoms with E-state index in [1.54, 1.807) is 14.2 Å². The minimum Gasteiger partial charge on any atom is -0.497 e. The third-order valence-corrected chi connectivity index (χ3v) is 4.81. The number of amides is 1. The van der Waals surface area contributed by atoms with Crippen LogP contribution in [0.2, 0.25) is 0 Å². The zero-order valence-corrected chi connectivity index (χ0v) is 15.4. The molecule has 0 bridgehead atoms. The summed E-state index contributed by atoms with van der Waals surface area (Å²) in [6, 6.07) is 13.5. The van der Waals surface area contributed by atoms with Gasteiger partial charge in [0.25, 0.3) is 5.91 Å². The molecule has 1 atom stereocenters. The normalized spacial score (nSPS) is 16.8. The maximum absolute atomic E-state index is 12.4. The first kappa shape index (κ1) is 18.3. The van der Waals surface area contributed by atoms with E-state index in [0.717, 1.165) is 18.7 Å². The van der Waals surface area contributed by atoms with Gasteiger partial charge in [0.1, 0.15) is 11.5 Å². The molecule has 0 aliphatic carbocycles. The Morgan fingerprint density at radius 2 is 1.81 bits per heavy atom. The topological polar surface area (TPSA) is 59.6 Å². The van der Waals surface area contributed by atoms with Crippen molar-refractivity contribution >= 4 is 5.91 Å². The zero-order valence-electron chi connectivity index (χ0n) is 15.4. The van der Waals surface area contributed by atoms with Gasteiger partial charge in [0.15, 0.2) is 0 Å². The fourth-order valence-electron chi connectivity index (χ4n) is 3.30. The summed E-state index contributed by atoms with van der Waals surface area (Å²) in [6.45, 7) is 2.54. The number of benzene rings is 2. The summed E-state index contributed by atoms with van der Waals surface area (Å²) in [5.74, 6) is 1.88. The molecule has 1 saturated heterocycles. The van der Waals surface area contributed by atoms with Gasteiger partial charge in [0, 0.05) is 24.7 Å². The van der Waals surface area contributed by atoms with Crippen molar-refractivity contribution in [1.29, 1.82) is 0 Å². The summed E-state index contributed by atoms with van der Waals surface area (Å²) in [5.41, 5.74) is 2.90. The minimum atomic E-state index is -0.0832. The molecule has 0 aromatic heterocycles. The maximum atomic E-state index is 12.4. The molecular weight excluding hydrogens is 328 g/mol. The molecule has 1 heterocycles. The van der Waals surface area contributed by atoms with E-state index in [4.69, 9.17) is 9.47 Å². The molecule has 1 aliphatic rings. The Hall–Kier alpha value is -2.53. The number of carbonyl (C=O) groups is 1. The number of rotatable bonds is 6. The lowest BCUT2D eigenvalue weighted by Gasteiger charge is -2.23. The molecular formula is C21H26N2O3. The van der Waals surface area contributed by atoms with E-state index in [0.29, 0.717) is 29.5 Å². The fraction of sp³-hybridized carbons (Fsp3) is 0.381. The van der Waals surface area contributed by atoms with Crippen molar-refractivity contribution in [1.82, 2.24) is 10.6 Å². The average Bonchev–Trinajstić information content (AvgIpc) is 2.72. The molecule has 138 valence electrons. The molecule has 2 N–H and O–H groups in total. The summed E-state index contributed by atoms with van der Waals surface area (Å²) in [4.78, 5) is 12.4. The van der Waals surface area contributed by atoms with Gasteiger partial charge < -0.3 is 20.1 Å². The number of carbonyl (C=O) groups excluding carboxylic acids is 1. The molecule has 0 saturated carbocycles. The Bertz CT molecular complexity index is 715. The lowest BCUT2D eigenvalue weighted by atomic mass is 9.91. The van der Waals surface area contributed by atoms with Crippen LogP contribution in [0, 0.1) is 0 Å². The largest absolute Gasteiger partial charge is 0.497 e. The number of hydrogen-bond acceptors (Lipinski definition) is 4. The number of methoxy groups -OCH3 is 2. The van der Waals surface area contributed by atoms with E-state index in [-0.39, 0.29) is 5.91 Å². The summed E-state index contributed by atoms with van der Waals surface area (Å²) in [6.07, 6.45) is 2.41. The third-order valence-electron chi connectivity index (χ3n) is 4.81. The van der Waals surface area contributed by atoms with E-state index in [2.05, 4.69) is 22.8 Å². The molecule has 1 amide bonds. The molecule has 0 unspecified atom stereocenters. The van der Waals surface area contributed by atoms with Gasteiger partial charge in [-0.25, -0.2) is 0 Å². The van der Waals surface area contributed by atoms with Crippen LogP contribution in [-0.2, 0) is 6.54 Å². The number of nitrogens with one attached hydrogen (secondary N) is 2. The highest BCUT2D eigenvalue weighted by Crippen LogP contribution is 2.24. The highest BCUT2D eigenvalue weighted by Gasteiger charge is 2.15.